The third-order valence-corrected chi connectivity index (χ3v) is 5.27. The van der Waals surface area contributed by atoms with E-state index in [1.807, 2.05) is 13.0 Å². The van der Waals surface area contributed by atoms with Crippen LogP contribution in [0.1, 0.15) is 66.2 Å². The summed E-state index contributed by atoms with van der Waals surface area (Å²) >= 11 is 0. The van der Waals surface area contributed by atoms with E-state index in [0.29, 0.717) is 6.42 Å². The van der Waals surface area contributed by atoms with E-state index < -0.39 is 21.7 Å². The second kappa shape index (κ2) is 12.8. The molecule has 0 aromatic heterocycles. The number of phosphoric acid groups is 1. The van der Waals surface area contributed by atoms with Crippen LogP contribution in [-0.2, 0) is 13.7 Å². The van der Waals surface area contributed by atoms with Gasteiger partial charge in [0.05, 0.1) is 0 Å². The zero-order chi connectivity index (χ0) is 19.5. The lowest BCUT2D eigenvalue weighted by Crippen LogP contribution is -2.06. The standard InChI is InChI=1S/C17H32O6P2/c1-14(2)8-5-9-15(3)10-6-11-16(4)12-7-13-17(24(18)19)23-25(20,21)22/h8,10,12,17,24H,5-7,9,11,13H2,1-4H3,(H,18,19)(H2,20,21,22). The molecule has 0 bridgehead atoms. The zero-order valence-electron chi connectivity index (χ0n) is 15.6. The molecule has 0 fully saturated rings. The third-order valence-electron chi connectivity index (χ3n) is 3.58. The molecular formula is C17H32O6P2. The van der Waals surface area contributed by atoms with Crippen LogP contribution in [-0.4, -0.2) is 20.5 Å². The second-order valence-corrected chi connectivity index (χ2v) is 8.97. The lowest BCUT2D eigenvalue weighted by atomic mass is 10.1. The molecule has 6 nitrogen and oxygen atoms in total. The lowest BCUT2D eigenvalue weighted by Gasteiger charge is -2.14. The fourth-order valence-electron chi connectivity index (χ4n) is 2.21. The van der Waals surface area contributed by atoms with Crippen molar-refractivity contribution in [2.75, 3.05) is 0 Å². The van der Waals surface area contributed by atoms with Crippen LogP contribution in [0.5, 0.6) is 0 Å². The minimum atomic E-state index is -4.75. The Kier molecular flexibility index (Phi) is 12.6. The molecule has 8 heteroatoms. The summed E-state index contributed by atoms with van der Waals surface area (Å²) in [6.45, 7) is 8.29. The van der Waals surface area contributed by atoms with Gasteiger partial charge in [-0.3, -0.25) is 9.09 Å². The van der Waals surface area contributed by atoms with Crippen LogP contribution in [0.3, 0.4) is 0 Å². The summed E-state index contributed by atoms with van der Waals surface area (Å²) in [6, 6.07) is 0. The van der Waals surface area contributed by atoms with Crippen molar-refractivity contribution in [3.05, 3.63) is 34.9 Å². The Morgan fingerprint density at radius 2 is 1.48 bits per heavy atom. The Bertz CT molecular complexity index is 555. The third kappa shape index (κ3) is 15.5. The van der Waals surface area contributed by atoms with Gasteiger partial charge in [-0.05, 0) is 66.2 Å². The Hall–Kier alpha value is -0.480. The molecule has 0 aliphatic rings. The Labute approximate surface area is 151 Å². The van der Waals surface area contributed by atoms with Gasteiger partial charge in [0.15, 0.2) is 0 Å². The maximum atomic E-state index is 11.1. The molecule has 0 spiro atoms. The van der Waals surface area contributed by atoms with Crippen molar-refractivity contribution in [1.82, 2.24) is 0 Å². The van der Waals surface area contributed by atoms with Gasteiger partial charge < -0.3 is 14.7 Å². The average Bonchev–Trinajstić information content (AvgIpc) is 2.44. The van der Waals surface area contributed by atoms with Gasteiger partial charge in [-0.15, -0.1) is 0 Å². The van der Waals surface area contributed by atoms with E-state index in [0.717, 1.165) is 31.3 Å². The van der Waals surface area contributed by atoms with Gasteiger partial charge in [0.1, 0.15) is 5.85 Å². The molecule has 0 aromatic rings. The van der Waals surface area contributed by atoms with Crippen LogP contribution in [0.25, 0.3) is 0 Å². The van der Waals surface area contributed by atoms with Crippen molar-refractivity contribution < 1.29 is 28.3 Å². The van der Waals surface area contributed by atoms with E-state index in [4.69, 9.17) is 14.7 Å². The number of rotatable bonds is 12. The molecule has 146 valence electrons. The molecular weight excluding hydrogens is 362 g/mol. The maximum Gasteiger partial charge on any atom is 0.470 e. The van der Waals surface area contributed by atoms with Crippen molar-refractivity contribution >= 4 is 15.9 Å². The maximum absolute atomic E-state index is 11.1. The van der Waals surface area contributed by atoms with Gasteiger partial charge in [0, 0.05) is 0 Å². The summed E-state index contributed by atoms with van der Waals surface area (Å²) in [5.41, 5.74) is 3.83. The minimum Gasteiger partial charge on any atom is -0.345 e. The van der Waals surface area contributed by atoms with E-state index in [1.165, 1.54) is 11.1 Å². The van der Waals surface area contributed by atoms with Gasteiger partial charge in [0.2, 0.25) is 8.03 Å². The SMILES string of the molecule is CC(C)=CCCC(C)=CCCC(C)=CCCC(OP(=O)(O)O)[PH](=O)O. The van der Waals surface area contributed by atoms with Crippen molar-refractivity contribution in [3.63, 3.8) is 0 Å². The molecule has 0 rings (SSSR count). The minimum absolute atomic E-state index is 0.105. The highest BCUT2D eigenvalue weighted by Crippen LogP contribution is 2.44. The number of hydrogen-bond donors (Lipinski definition) is 3. The second-order valence-electron chi connectivity index (χ2n) is 6.46. The van der Waals surface area contributed by atoms with Crippen LogP contribution >= 0.6 is 15.9 Å². The van der Waals surface area contributed by atoms with Crippen LogP contribution < -0.4 is 0 Å². The molecule has 0 aromatic carbocycles. The summed E-state index contributed by atoms with van der Waals surface area (Å²) in [6.07, 6.45) is 10.9. The van der Waals surface area contributed by atoms with Gasteiger partial charge in [-0.2, -0.15) is 0 Å². The zero-order valence-corrected chi connectivity index (χ0v) is 17.5. The molecule has 0 saturated carbocycles. The fourth-order valence-corrected chi connectivity index (χ4v) is 3.83. The molecule has 2 unspecified atom stereocenters. The van der Waals surface area contributed by atoms with Gasteiger partial charge in [-0.1, -0.05) is 34.9 Å². The normalized spacial score (nSPS) is 15.8. The summed E-state index contributed by atoms with van der Waals surface area (Å²) in [5.74, 6) is -1.31. The Morgan fingerprint density at radius 1 is 1.00 bits per heavy atom. The first-order valence-electron chi connectivity index (χ1n) is 8.42. The highest BCUT2D eigenvalue weighted by molar-refractivity contribution is 7.47. The van der Waals surface area contributed by atoms with Crippen molar-refractivity contribution in [3.8, 4) is 0 Å². The summed E-state index contributed by atoms with van der Waals surface area (Å²) < 4.78 is 26.2. The molecule has 0 amide bonds. The quantitative estimate of drug-likeness (QED) is 0.315. The summed E-state index contributed by atoms with van der Waals surface area (Å²) in [7, 11) is -7.91. The fraction of sp³-hybridized carbons (Fsp3) is 0.647. The van der Waals surface area contributed by atoms with E-state index in [-0.39, 0.29) is 6.42 Å². The first kappa shape index (κ1) is 24.5. The average molecular weight is 394 g/mol. The highest BCUT2D eigenvalue weighted by Gasteiger charge is 2.25. The predicted octanol–water partition coefficient (Wildman–Crippen LogP) is 5.09. The largest absolute Gasteiger partial charge is 0.470 e. The molecule has 25 heavy (non-hydrogen) atoms. The van der Waals surface area contributed by atoms with Crippen LogP contribution in [0.15, 0.2) is 34.9 Å². The molecule has 0 aliphatic heterocycles. The Balaban J connectivity index is 4.25. The highest BCUT2D eigenvalue weighted by atomic mass is 31.2. The van der Waals surface area contributed by atoms with Crippen molar-refractivity contribution in [2.45, 2.75) is 72.1 Å². The van der Waals surface area contributed by atoms with E-state index in [2.05, 4.69) is 37.4 Å². The number of phosphoric ester groups is 1. The first-order chi connectivity index (χ1) is 11.5. The smallest absolute Gasteiger partial charge is 0.345 e. The van der Waals surface area contributed by atoms with Gasteiger partial charge in [0.25, 0.3) is 0 Å². The predicted molar refractivity (Wildman–Crippen MR) is 103 cm³/mol. The topological polar surface area (TPSA) is 104 Å². The van der Waals surface area contributed by atoms with Crippen LogP contribution in [0.2, 0.25) is 0 Å². The lowest BCUT2D eigenvalue weighted by molar-refractivity contribution is 0.166. The monoisotopic (exact) mass is 394 g/mol. The van der Waals surface area contributed by atoms with Crippen molar-refractivity contribution in [2.24, 2.45) is 0 Å². The molecule has 0 heterocycles. The molecule has 3 N–H and O–H groups in total. The van der Waals surface area contributed by atoms with Crippen molar-refractivity contribution in [1.29, 1.82) is 0 Å². The van der Waals surface area contributed by atoms with E-state index in [9.17, 15) is 9.13 Å². The summed E-state index contributed by atoms with van der Waals surface area (Å²) in [5, 5.41) is 0. The van der Waals surface area contributed by atoms with E-state index >= 15 is 0 Å². The van der Waals surface area contributed by atoms with Gasteiger partial charge in [-0.25, -0.2) is 4.57 Å². The summed E-state index contributed by atoms with van der Waals surface area (Å²) in [4.78, 5) is 26.6. The van der Waals surface area contributed by atoms with Crippen LogP contribution in [0, 0.1) is 0 Å². The molecule has 0 saturated heterocycles. The van der Waals surface area contributed by atoms with Crippen LogP contribution in [0.4, 0.5) is 0 Å². The Morgan fingerprint density at radius 3 is 1.92 bits per heavy atom. The van der Waals surface area contributed by atoms with E-state index in [1.54, 1.807) is 0 Å². The molecule has 0 radical (unpaired) electrons. The first-order valence-corrected chi connectivity index (χ1v) is 11.4. The number of hydrogen-bond acceptors (Lipinski definition) is 3. The molecule has 0 aliphatic carbocycles. The van der Waals surface area contributed by atoms with Gasteiger partial charge >= 0.3 is 7.82 Å². The number of allylic oxidation sites excluding steroid dienone is 6. The molecule has 2 atom stereocenters.